The van der Waals surface area contributed by atoms with Crippen LogP contribution >= 0.6 is 15.9 Å². The van der Waals surface area contributed by atoms with E-state index in [1.807, 2.05) is 23.1 Å². The number of anilines is 4. The van der Waals surface area contributed by atoms with Crippen molar-refractivity contribution >= 4 is 44.6 Å². The van der Waals surface area contributed by atoms with E-state index in [0.717, 1.165) is 10.2 Å². The predicted octanol–water partition coefficient (Wildman–Crippen LogP) is 4.36. The molecule has 4 rings (SSSR count). The van der Waals surface area contributed by atoms with Crippen molar-refractivity contribution < 1.29 is 9.31 Å². The summed E-state index contributed by atoms with van der Waals surface area (Å²) in [5, 5.41) is 14.9. The molecule has 0 radical (unpaired) electrons. The van der Waals surface area contributed by atoms with Crippen LogP contribution in [0.2, 0.25) is 0 Å². The summed E-state index contributed by atoms with van der Waals surface area (Å²) in [5.74, 6) is 0.148. The third-order valence-corrected chi connectivity index (χ3v) is 5.34. The Morgan fingerprint density at radius 2 is 1.73 bits per heavy atom. The molecule has 2 aromatic carbocycles. The molecular weight excluding hydrogens is 455 g/mol. The van der Waals surface area contributed by atoms with Crippen molar-refractivity contribution in [2.45, 2.75) is 0 Å². The van der Waals surface area contributed by atoms with Crippen molar-refractivity contribution in [3.63, 3.8) is 0 Å². The van der Waals surface area contributed by atoms with Crippen molar-refractivity contribution in [1.82, 2.24) is 9.97 Å². The summed E-state index contributed by atoms with van der Waals surface area (Å²) < 4.78 is 14.0. The summed E-state index contributed by atoms with van der Waals surface area (Å²) in [6.45, 7) is 2.37. The fourth-order valence-electron chi connectivity index (χ4n) is 3.39. The molecule has 1 N–H and O–H groups in total. The molecule has 1 saturated heterocycles. The highest BCUT2D eigenvalue weighted by Crippen LogP contribution is 2.34. The number of hydrogen-bond donors (Lipinski definition) is 1. The summed E-state index contributed by atoms with van der Waals surface area (Å²) in [4.78, 5) is 23.7. The maximum absolute atomic E-state index is 13.2. The SMILES string of the molecule is O=[N+]([O-])c1c(Nc2cccc(Br)c2)ncnc1N1CCN(c2ccc(F)cc2)CC1. The van der Waals surface area contributed by atoms with Gasteiger partial charge in [-0.1, -0.05) is 22.0 Å². The molecule has 154 valence electrons. The Kier molecular flexibility index (Phi) is 5.75. The van der Waals surface area contributed by atoms with Gasteiger partial charge in [-0.25, -0.2) is 14.4 Å². The fraction of sp³-hybridized carbons (Fsp3) is 0.200. The number of halogens is 2. The predicted molar refractivity (Wildman–Crippen MR) is 117 cm³/mol. The molecule has 1 fully saturated rings. The molecule has 1 aromatic heterocycles. The van der Waals surface area contributed by atoms with E-state index in [1.165, 1.54) is 18.5 Å². The molecule has 0 saturated carbocycles. The second-order valence-corrected chi connectivity index (χ2v) is 7.65. The molecule has 0 aliphatic carbocycles. The number of nitrogens with one attached hydrogen (secondary N) is 1. The maximum atomic E-state index is 13.2. The van der Waals surface area contributed by atoms with Gasteiger partial charge < -0.3 is 15.1 Å². The molecule has 0 amide bonds. The number of hydrogen-bond acceptors (Lipinski definition) is 7. The molecule has 8 nitrogen and oxygen atoms in total. The van der Waals surface area contributed by atoms with Crippen molar-refractivity contribution in [3.8, 4) is 0 Å². The van der Waals surface area contributed by atoms with E-state index in [4.69, 9.17) is 0 Å². The Bertz CT molecular complexity index is 1060. The van der Waals surface area contributed by atoms with E-state index in [1.54, 1.807) is 18.2 Å². The number of benzene rings is 2. The average molecular weight is 473 g/mol. The monoisotopic (exact) mass is 472 g/mol. The topological polar surface area (TPSA) is 87.4 Å². The quantitative estimate of drug-likeness (QED) is 0.435. The van der Waals surface area contributed by atoms with E-state index in [2.05, 4.69) is 36.1 Å². The summed E-state index contributed by atoms with van der Waals surface area (Å²) in [5.41, 5.74) is 1.44. The van der Waals surface area contributed by atoms with Crippen LogP contribution in [0.25, 0.3) is 0 Å². The fourth-order valence-corrected chi connectivity index (χ4v) is 3.79. The first kappa shape index (κ1) is 20.0. The molecule has 0 bridgehead atoms. The number of rotatable bonds is 5. The molecule has 2 heterocycles. The lowest BCUT2D eigenvalue weighted by Crippen LogP contribution is -2.47. The standard InChI is InChI=1S/C20H18BrFN6O2/c21-14-2-1-3-16(12-14)25-19-18(28(29)30)20(24-13-23-19)27-10-8-26(9-11-27)17-6-4-15(22)5-7-17/h1-7,12-13H,8-11H2,(H,23,24,25). The lowest BCUT2D eigenvalue weighted by atomic mass is 10.2. The first-order valence-electron chi connectivity index (χ1n) is 9.29. The van der Waals surface area contributed by atoms with Crippen molar-refractivity contribution in [2.24, 2.45) is 0 Å². The molecule has 3 aromatic rings. The Labute approximate surface area is 180 Å². The van der Waals surface area contributed by atoms with Gasteiger partial charge in [0.1, 0.15) is 12.1 Å². The van der Waals surface area contributed by atoms with E-state index in [0.29, 0.717) is 31.9 Å². The zero-order valence-corrected chi connectivity index (χ0v) is 17.4. The van der Waals surface area contributed by atoms with Gasteiger partial charge >= 0.3 is 5.69 Å². The number of nitro groups is 1. The zero-order chi connectivity index (χ0) is 21.1. The number of nitrogens with zero attached hydrogens (tertiary/aromatic N) is 5. The Morgan fingerprint density at radius 3 is 2.40 bits per heavy atom. The lowest BCUT2D eigenvalue weighted by Gasteiger charge is -2.36. The van der Waals surface area contributed by atoms with Gasteiger partial charge in [-0.05, 0) is 42.5 Å². The highest BCUT2D eigenvalue weighted by Gasteiger charge is 2.29. The van der Waals surface area contributed by atoms with E-state index in [-0.39, 0.29) is 23.1 Å². The largest absolute Gasteiger partial charge is 0.368 e. The minimum Gasteiger partial charge on any atom is -0.368 e. The van der Waals surface area contributed by atoms with Gasteiger partial charge in [0, 0.05) is 42.0 Å². The molecule has 1 aliphatic heterocycles. The summed E-state index contributed by atoms with van der Waals surface area (Å²) in [6, 6.07) is 13.6. The molecular formula is C20H18BrFN6O2. The van der Waals surface area contributed by atoms with Crippen LogP contribution in [-0.4, -0.2) is 41.1 Å². The molecule has 0 unspecified atom stereocenters. The first-order valence-corrected chi connectivity index (χ1v) is 10.1. The van der Waals surface area contributed by atoms with Gasteiger partial charge in [-0.15, -0.1) is 0 Å². The van der Waals surface area contributed by atoms with Crippen LogP contribution in [0, 0.1) is 15.9 Å². The van der Waals surface area contributed by atoms with Gasteiger partial charge in [0.15, 0.2) is 0 Å². The molecule has 30 heavy (non-hydrogen) atoms. The Balaban J connectivity index is 1.55. The van der Waals surface area contributed by atoms with E-state index < -0.39 is 4.92 Å². The minimum absolute atomic E-state index is 0.143. The second kappa shape index (κ2) is 8.62. The van der Waals surface area contributed by atoms with Gasteiger partial charge in [-0.3, -0.25) is 10.1 Å². The summed E-state index contributed by atoms with van der Waals surface area (Å²) >= 11 is 3.39. The van der Waals surface area contributed by atoms with E-state index >= 15 is 0 Å². The third kappa shape index (κ3) is 4.33. The summed E-state index contributed by atoms with van der Waals surface area (Å²) in [6.07, 6.45) is 1.33. The van der Waals surface area contributed by atoms with Gasteiger partial charge in [0.2, 0.25) is 11.6 Å². The highest BCUT2D eigenvalue weighted by molar-refractivity contribution is 9.10. The maximum Gasteiger partial charge on any atom is 0.353 e. The molecule has 10 heteroatoms. The normalized spacial score (nSPS) is 13.9. The van der Waals surface area contributed by atoms with Crippen LogP contribution in [0.3, 0.4) is 0 Å². The van der Waals surface area contributed by atoms with Gasteiger partial charge in [0.05, 0.1) is 4.92 Å². The minimum atomic E-state index is -0.456. The van der Waals surface area contributed by atoms with Gasteiger partial charge in [-0.2, -0.15) is 0 Å². The number of piperazine rings is 1. The third-order valence-electron chi connectivity index (χ3n) is 4.84. The first-order chi connectivity index (χ1) is 14.5. The highest BCUT2D eigenvalue weighted by atomic mass is 79.9. The van der Waals surface area contributed by atoms with Crippen molar-refractivity contribution in [1.29, 1.82) is 0 Å². The van der Waals surface area contributed by atoms with Crippen LogP contribution in [0.1, 0.15) is 0 Å². The van der Waals surface area contributed by atoms with Crippen LogP contribution in [0.4, 0.5) is 33.1 Å². The lowest BCUT2D eigenvalue weighted by molar-refractivity contribution is -0.383. The molecule has 0 spiro atoms. The Morgan fingerprint density at radius 1 is 1.03 bits per heavy atom. The van der Waals surface area contributed by atoms with Crippen LogP contribution < -0.4 is 15.1 Å². The average Bonchev–Trinajstić information content (AvgIpc) is 2.74. The van der Waals surface area contributed by atoms with Crippen molar-refractivity contribution in [3.05, 3.63) is 75.3 Å². The molecule has 0 atom stereocenters. The second-order valence-electron chi connectivity index (χ2n) is 6.74. The van der Waals surface area contributed by atoms with Crippen LogP contribution in [0.15, 0.2) is 59.3 Å². The van der Waals surface area contributed by atoms with Crippen LogP contribution in [0.5, 0.6) is 0 Å². The smallest absolute Gasteiger partial charge is 0.353 e. The Hall–Kier alpha value is -3.27. The number of aromatic nitrogens is 2. The van der Waals surface area contributed by atoms with Gasteiger partial charge in [0.25, 0.3) is 0 Å². The van der Waals surface area contributed by atoms with Crippen LogP contribution in [-0.2, 0) is 0 Å². The molecule has 1 aliphatic rings. The van der Waals surface area contributed by atoms with E-state index in [9.17, 15) is 14.5 Å². The summed E-state index contributed by atoms with van der Waals surface area (Å²) in [7, 11) is 0. The van der Waals surface area contributed by atoms with Crippen molar-refractivity contribution in [2.75, 3.05) is 41.3 Å². The zero-order valence-electron chi connectivity index (χ0n) is 15.8.